The van der Waals surface area contributed by atoms with Crippen LogP contribution in [-0.4, -0.2) is 5.91 Å². The fraction of sp³-hybridized carbons (Fsp3) is 0.0667. The number of ether oxygens (including phenoxy) is 1. The summed E-state index contributed by atoms with van der Waals surface area (Å²) in [7, 11) is 0. The predicted molar refractivity (Wildman–Crippen MR) is 74.8 cm³/mol. The van der Waals surface area contributed by atoms with Crippen molar-refractivity contribution in [3.8, 4) is 11.8 Å². The van der Waals surface area contributed by atoms with E-state index in [0.717, 1.165) is 6.07 Å². The molecule has 0 aliphatic carbocycles. The first-order valence-corrected chi connectivity index (χ1v) is 6.02. The van der Waals surface area contributed by atoms with Crippen LogP contribution < -0.4 is 16.2 Å². The van der Waals surface area contributed by atoms with Gasteiger partial charge in [0.05, 0.1) is 22.9 Å². The van der Waals surface area contributed by atoms with Crippen molar-refractivity contribution in [3.63, 3.8) is 0 Å². The van der Waals surface area contributed by atoms with Gasteiger partial charge in [-0.05, 0) is 35.9 Å². The number of primary amides is 1. The van der Waals surface area contributed by atoms with E-state index in [4.69, 9.17) is 21.5 Å². The first-order valence-electron chi connectivity index (χ1n) is 6.02. The van der Waals surface area contributed by atoms with Crippen molar-refractivity contribution in [1.82, 2.24) is 0 Å². The minimum absolute atomic E-state index is 0.0407. The molecule has 0 aliphatic heterocycles. The number of hydrogen-bond donors (Lipinski definition) is 2. The number of nitrogens with zero attached hydrogens (tertiary/aromatic N) is 1. The molecule has 4 N–H and O–H groups in total. The number of halogens is 1. The molecule has 0 aromatic heterocycles. The Bertz CT molecular complexity index is 738. The van der Waals surface area contributed by atoms with Crippen molar-refractivity contribution < 1.29 is 13.9 Å². The number of rotatable bonds is 4. The van der Waals surface area contributed by atoms with Crippen LogP contribution in [0, 0.1) is 17.1 Å². The van der Waals surface area contributed by atoms with Crippen molar-refractivity contribution in [1.29, 1.82) is 5.26 Å². The van der Waals surface area contributed by atoms with Crippen LogP contribution in [0.15, 0.2) is 36.4 Å². The Morgan fingerprint density at radius 3 is 2.76 bits per heavy atom. The number of para-hydroxylation sites is 1. The van der Waals surface area contributed by atoms with Gasteiger partial charge in [-0.2, -0.15) is 5.26 Å². The van der Waals surface area contributed by atoms with Crippen LogP contribution in [0.1, 0.15) is 21.5 Å². The number of carbonyl (C=O) groups excluding carboxylic acids is 1. The smallest absolute Gasteiger partial charge is 0.252 e. The Hall–Kier alpha value is -3.07. The van der Waals surface area contributed by atoms with Crippen LogP contribution in [0.3, 0.4) is 0 Å². The highest BCUT2D eigenvalue weighted by atomic mass is 19.1. The Balaban J connectivity index is 2.27. The quantitative estimate of drug-likeness (QED) is 0.838. The monoisotopic (exact) mass is 285 g/mol. The van der Waals surface area contributed by atoms with E-state index in [1.54, 1.807) is 12.1 Å². The molecule has 0 radical (unpaired) electrons. The lowest BCUT2D eigenvalue weighted by Gasteiger charge is -2.12. The van der Waals surface area contributed by atoms with Gasteiger partial charge in [-0.3, -0.25) is 4.79 Å². The molecule has 0 saturated heterocycles. The van der Waals surface area contributed by atoms with Gasteiger partial charge in [-0.1, -0.05) is 6.07 Å². The summed E-state index contributed by atoms with van der Waals surface area (Å²) in [5.74, 6) is -1.06. The molecule has 0 atom stereocenters. The second-order valence-electron chi connectivity index (χ2n) is 4.34. The summed E-state index contributed by atoms with van der Waals surface area (Å²) in [6.07, 6.45) is 0. The van der Waals surface area contributed by atoms with Gasteiger partial charge in [-0.15, -0.1) is 0 Å². The number of anilines is 1. The highest BCUT2D eigenvalue weighted by Gasteiger charge is 2.13. The van der Waals surface area contributed by atoms with E-state index in [1.807, 2.05) is 6.07 Å². The van der Waals surface area contributed by atoms with E-state index in [-0.39, 0.29) is 29.2 Å². The molecule has 0 spiro atoms. The zero-order chi connectivity index (χ0) is 15.4. The van der Waals surface area contributed by atoms with E-state index in [2.05, 4.69) is 0 Å². The molecule has 0 aliphatic rings. The Kier molecular flexibility index (Phi) is 4.05. The normalized spacial score (nSPS) is 9.90. The molecule has 6 heteroatoms. The van der Waals surface area contributed by atoms with Gasteiger partial charge in [0.15, 0.2) is 5.75 Å². The van der Waals surface area contributed by atoms with E-state index in [1.165, 1.54) is 18.2 Å². The van der Waals surface area contributed by atoms with Crippen molar-refractivity contribution in [2.45, 2.75) is 6.61 Å². The third-order valence-corrected chi connectivity index (χ3v) is 2.78. The summed E-state index contributed by atoms with van der Waals surface area (Å²) in [6.45, 7) is -0.0407. The van der Waals surface area contributed by atoms with Crippen LogP contribution >= 0.6 is 0 Å². The van der Waals surface area contributed by atoms with Gasteiger partial charge in [-0.25, -0.2) is 4.39 Å². The van der Waals surface area contributed by atoms with Crippen LogP contribution in [-0.2, 0) is 6.61 Å². The topological polar surface area (TPSA) is 102 Å². The summed E-state index contributed by atoms with van der Waals surface area (Å²) in [6, 6.07) is 10.3. The molecule has 0 heterocycles. The van der Waals surface area contributed by atoms with E-state index < -0.39 is 11.7 Å². The highest BCUT2D eigenvalue weighted by molar-refractivity contribution is 5.97. The van der Waals surface area contributed by atoms with Crippen LogP contribution in [0.2, 0.25) is 0 Å². The third kappa shape index (κ3) is 3.28. The maximum absolute atomic E-state index is 13.3. The fourth-order valence-corrected chi connectivity index (χ4v) is 1.86. The lowest BCUT2D eigenvalue weighted by molar-refractivity contribution is 0.0996. The maximum atomic E-state index is 13.3. The molecule has 2 rings (SSSR count). The van der Waals surface area contributed by atoms with Crippen molar-refractivity contribution >= 4 is 11.6 Å². The van der Waals surface area contributed by atoms with Gasteiger partial charge in [0.1, 0.15) is 12.4 Å². The number of amides is 1. The molecule has 0 bridgehead atoms. The lowest BCUT2D eigenvalue weighted by atomic mass is 10.1. The molecule has 0 unspecified atom stereocenters. The van der Waals surface area contributed by atoms with Crippen molar-refractivity contribution in [2.75, 3.05) is 5.73 Å². The Morgan fingerprint density at radius 1 is 1.33 bits per heavy atom. The number of carbonyl (C=O) groups is 1. The zero-order valence-corrected chi connectivity index (χ0v) is 11.0. The van der Waals surface area contributed by atoms with Gasteiger partial charge < -0.3 is 16.2 Å². The van der Waals surface area contributed by atoms with Crippen LogP contribution in [0.5, 0.6) is 5.75 Å². The molecule has 5 nitrogen and oxygen atoms in total. The Morgan fingerprint density at radius 2 is 2.10 bits per heavy atom. The number of benzene rings is 2. The summed E-state index contributed by atoms with van der Waals surface area (Å²) in [5, 5.41) is 8.79. The SMILES string of the molecule is N#Cc1cc(F)cc(COc2c(N)cccc2C(N)=O)c1. The number of nitrogens with two attached hydrogens (primary N) is 2. The largest absolute Gasteiger partial charge is 0.486 e. The minimum atomic E-state index is -0.672. The molecule has 1 amide bonds. The van der Waals surface area contributed by atoms with Crippen molar-refractivity contribution in [3.05, 3.63) is 58.9 Å². The molecular weight excluding hydrogens is 273 g/mol. The number of nitrogen functional groups attached to an aromatic ring is 1. The van der Waals surface area contributed by atoms with E-state index in [0.29, 0.717) is 5.56 Å². The van der Waals surface area contributed by atoms with Gasteiger partial charge >= 0.3 is 0 Å². The first-order chi connectivity index (χ1) is 10.0. The van der Waals surface area contributed by atoms with Crippen molar-refractivity contribution in [2.24, 2.45) is 5.73 Å². The van der Waals surface area contributed by atoms with Gasteiger partial charge in [0, 0.05) is 0 Å². The highest BCUT2D eigenvalue weighted by Crippen LogP contribution is 2.27. The summed E-state index contributed by atoms with van der Waals surface area (Å²) >= 11 is 0. The van der Waals surface area contributed by atoms with Crippen LogP contribution in [0.25, 0.3) is 0 Å². The first kappa shape index (κ1) is 14.3. The zero-order valence-electron chi connectivity index (χ0n) is 11.0. The van der Waals surface area contributed by atoms with E-state index >= 15 is 0 Å². The molecule has 106 valence electrons. The fourth-order valence-electron chi connectivity index (χ4n) is 1.86. The Labute approximate surface area is 120 Å². The third-order valence-electron chi connectivity index (χ3n) is 2.78. The summed E-state index contributed by atoms with van der Waals surface area (Å²) in [4.78, 5) is 11.3. The number of hydrogen-bond acceptors (Lipinski definition) is 4. The molecule has 0 fully saturated rings. The molecular formula is C15H12FN3O2. The van der Waals surface area contributed by atoms with Gasteiger partial charge in [0.25, 0.3) is 5.91 Å². The number of nitriles is 1. The molecule has 2 aromatic rings. The average molecular weight is 285 g/mol. The van der Waals surface area contributed by atoms with Crippen LogP contribution in [0.4, 0.5) is 10.1 Å². The molecule has 2 aromatic carbocycles. The maximum Gasteiger partial charge on any atom is 0.252 e. The van der Waals surface area contributed by atoms with Gasteiger partial charge in [0.2, 0.25) is 0 Å². The standard InChI is InChI=1S/C15H12FN3O2/c16-11-5-9(7-17)4-10(6-11)8-21-14-12(15(19)20)2-1-3-13(14)18/h1-6H,8,18H2,(H2,19,20). The predicted octanol–water partition coefficient (Wildman–Crippen LogP) is 1.96. The molecule has 21 heavy (non-hydrogen) atoms. The minimum Gasteiger partial charge on any atom is -0.486 e. The van der Waals surface area contributed by atoms with E-state index in [9.17, 15) is 9.18 Å². The average Bonchev–Trinajstić information content (AvgIpc) is 2.45. The second kappa shape index (κ2) is 5.92. The summed E-state index contributed by atoms with van der Waals surface area (Å²) < 4.78 is 18.8. The molecule has 0 saturated carbocycles. The summed E-state index contributed by atoms with van der Waals surface area (Å²) in [5.41, 5.74) is 12.0. The lowest BCUT2D eigenvalue weighted by Crippen LogP contribution is -2.14. The second-order valence-corrected chi connectivity index (χ2v) is 4.34.